The Labute approximate surface area is 99.6 Å². The predicted molar refractivity (Wildman–Crippen MR) is 59.3 cm³/mol. The highest BCUT2D eigenvalue weighted by molar-refractivity contribution is 7.86. The van der Waals surface area contributed by atoms with Crippen LogP contribution in [0.15, 0.2) is 18.3 Å². The van der Waals surface area contributed by atoms with Crippen LogP contribution in [0.2, 0.25) is 0 Å². The van der Waals surface area contributed by atoms with E-state index in [2.05, 4.69) is 13.4 Å². The van der Waals surface area contributed by atoms with Crippen LogP contribution < -0.4 is 4.18 Å². The third-order valence-electron chi connectivity index (χ3n) is 1.47. The Kier molecular flexibility index (Phi) is 4.07. The lowest BCUT2D eigenvalue weighted by atomic mass is 10.3. The summed E-state index contributed by atoms with van der Waals surface area (Å²) >= 11 is 0. The van der Waals surface area contributed by atoms with Gasteiger partial charge in [-0.05, 0) is 12.1 Å². The van der Waals surface area contributed by atoms with Gasteiger partial charge in [0.2, 0.25) is 0 Å². The lowest BCUT2D eigenvalue weighted by Gasteiger charge is -2.03. The van der Waals surface area contributed by atoms with E-state index < -0.39 is 20.2 Å². The van der Waals surface area contributed by atoms with Gasteiger partial charge in [0.05, 0.1) is 24.4 Å². The van der Waals surface area contributed by atoms with Crippen molar-refractivity contribution >= 4 is 20.2 Å². The van der Waals surface area contributed by atoms with E-state index in [1.54, 1.807) is 0 Å². The van der Waals surface area contributed by atoms with Crippen molar-refractivity contribution in [3.63, 3.8) is 0 Å². The molecule has 0 amide bonds. The molecule has 7 nitrogen and oxygen atoms in total. The number of hydrogen-bond acceptors (Lipinski definition) is 7. The van der Waals surface area contributed by atoms with E-state index in [1.807, 2.05) is 0 Å². The van der Waals surface area contributed by atoms with Crippen LogP contribution in [-0.4, -0.2) is 34.3 Å². The van der Waals surface area contributed by atoms with Crippen LogP contribution in [-0.2, 0) is 31.0 Å². The minimum Gasteiger partial charge on any atom is -0.381 e. The Hall–Kier alpha value is -1.19. The third kappa shape index (κ3) is 6.19. The molecule has 0 saturated heterocycles. The van der Waals surface area contributed by atoms with Gasteiger partial charge in [-0.3, -0.25) is 9.17 Å². The van der Waals surface area contributed by atoms with Crippen molar-refractivity contribution in [3.8, 4) is 5.75 Å². The van der Waals surface area contributed by atoms with Crippen LogP contribution in [0.5, 0.6) is 5.75 Å². The quantitative estimate of drug-likeness (QED) is 0.694. The molecule has 0 atom stereocenters. The molecule has 0 bridgehead atoms. The first-order valence-corrected chi connectivity index (χ1v) is 7.98. The molecule has 0 aliphatic heterocycles. The van der Waals surface area contributed by atoms with Gasteiger partial charge < -0.3 is 4.18 Å². The highest BCUT2D eigenvalue weighted by Crippen LogP contribution is 2.12. The summed E-state index contributed by atoms with van der Waals surface area (Å²) in [5.41, 5.74) is 0.344. The van der Waals surface area contributed by atoms with Gasteiger partial charge in [0.1, 0.15) is 6.61 Å². The SMILES string of the molecule is CS(=O)(=O)OCc1ccc(OS(C)(=O)=O)cn1. The van der Waals surface area contributed by atoms with Gasteiger partial charge in [0.25, 0.3) is 10.1 Å². The van der Waals surface area contributed by atoms with Crippen molar-refractivity contribution in [1.82, 2.24) is 4.98 Å². The third-order valence-corrected chi connectivity index (χ3v) is 2.51. The van der Waals surface area contributed by atoms with E-state index in [4.69, 9.17) is 0 Å². The van der Waals surface area contributed by atoms with E-state index in [0.717, 1.165) is 12.5 Å². The van der Waals surface area contributed by atoms with Gasteiger partial charge in [-0.15, -0.1) is 0 Å². The standard InChI is InChI=1S/C8H11NO6S2/c1-16(10,11)14-6-7-3-4-8(5-9-7)15-17(2,12)13/h3-5H,6H2,1-2H3. The average Bonchev–Trinajstić information content (AvgIpc) is 2.13. The van der Waals surface area contributed by atoms with E-state index in [-0.39, 0.29) is 12.4 Å². The fourth-order valence-electron chi connectivity index (χ4n) is 0.888. The molecule has 0 aliphatic carbocycles. The van der Waals surface area contributed by atoms with Crippen molar-refractivity contribution < 1.29 is 25.2 Å². The molecular weight excluding hydrogens is 270 g/mol. The molecule has 0 aromatic carbocycles. The highest BCUT2D eigenvalue weighted by Gasteiger charge is 2.06. The number of nitrogens with zero attached hydrogens (tertiary/aromatic N) is 1. The molecule has 9 heteroatoms. The predicted octanol–water partition coefficient (Wildman–Crippen LogP) is -0.104. The smallest absolute Gasteiger partial charge is 0.306 e. The average molecular weight is 281 g/mol. The zero-order valence-electron chi connectivity index (χ0n) is 9.15. The molecule has 0 unspecified atom stereocenters. The normalized spacial score (nSPS) is 12.4. The summed E-state index contributed by atoms with van der Waals surface area (Å²) in [5.74, 6) is 0.0515. The maximum atomic E-state index is 10.8. The van der Waals surface area contributed by atoms with Crippen LogP contribution in [0.1, 0.15) is 5.69 Å². The number of aromatic nitrogens is 1. The Balaban J connectivity index is 2.69. The fraction of sp³-hybridized carbons (Fsp3) is 0.375. The minimum absolute atomic E-state index is 0.0515. The summed E-state index contributed by atoms with van der Waals surface area (Å²) in [6, 6.07) is 2.76. The largest absolute Gasteiger partial charge is 0.381 e. The molecule has 17 heavy (non-hydrogen) atoms. The Morgan fingerprint density at radius 1 is 1.12 bits per heavy atom. The molecule has 0 N–H and O–H groups in total. The maximum Gasteiger partial charge on any atom is 0.306 e. The molecule has 1 heterocycles. The second-order valence-corrected chi connectivity index (χ2v) is 6.46. The van der Waals surface area contributed by atoms with Crippen LogP contribution in [0, 0.1) is 0 Å². The van der Waals surface area contributed by atoms with Crippen LogP contribution in [0.25, 0.3) is 0 Å². The number of pyridine rings is 1. The molecule has 0 fully saturated rings. The zero-order chi connectivity index (χ0) is 13.1. The van der Waals surface area contributed by atoms with Crippen molar-refractivity contribution in [1.29, 1.82) is 0 Å². The summed E-state index contributed by atoms with van der Waals surface area (Å²) in [5, 5.41) is 0. The number of hydrogen-bond donors (Lipinski definition) is 0. The summed E-state index contributed by atoms with van der Waals surface area (Å²) < 4.78 is 52.0. The van der Waals surface area contributed by atoms with Crippen LogP contribution >= 0.6 is 0 Å². The minimum atomic E-state index is -3.59. The van der Waals surface area contributed by atoms with E-state index >= 15 is 0 Å². The molecule has 0 spiro atoms. The van der Waals surface area contributed by atoms with E-state index in [1.165, 1.54) is 18.3 Å². The maximum absolute atomic E-state index is 10.8. The summed E-state index contributed by atoms with van der Waals surface area (Å²) in [4.78, 5) is 3.79. The molecular formula is C8H11NO6S2. The van der Waals surface area contributed by atoms with Gasteiger partial charge >= 0.3 is 10.1 Å². The van der Waals surface area contributed by atoms with Crippen LogP contribution in [0.4, 0.5) is 0 Å². The van der Waals surface area contributed by atoms with Gasteiger partial charge in [-0.1, -0.05) is 0 Å². The summed E-state index contributed by atoms with van der Waals surface area (Å²) in [6.07, 6.45) is 3.00. The zero-order valence-corrected chi connectivity index (χ0v) is 10.8. The van der Waals surface area contributed by atoms with Crippen molar-refractivity contribution in [2.75, 3.05) is 12.5 Å². The Bertz CT molecular complexity index is 575. The van der Waals surface area contributed by atoms with Gasteiger partial charge in [0.15, 0.2) is 5.75 Å². The molecule has 0 aliphatic rings. The first-order valence-electron chi connectivity index (χ1n) is 4.34. The topological polar surface area (TPSA) is 99.6 Å². The lowest BCUT2D eigenvalue weighted by Crippen LogP contribution is -2.07. The Morgan fingerprint density at radius 3 is 2.18 bits per heavy atom. The molecule has 0 radical (unpaired) electrons. The first-order chi connectivity index (χ1) is 7.66. The van der Waals surface area contributed by atoms with Crippen molar-refractivity contribution in [3.05, 3.63) is 24.0 Å². The molecule has 1 rings (SSSR count). The van der Waals surface area contributed by atoms with Crippen molar-refractivity contribution in [2.24, 2.45) is 0 Å². The lowest BCUT2D eigenvalue weighted by molar-refractivity contribution is 0.307. The fourth-order valence-corrected chi connectivity index (χ4v) is 1.67. The van der Waals surface area contributed by atoms with E-state index in [0.29, 0.717) is 5.69 Å². The Morgan fingerprint density at radius 2 is 1.76 bits per heavy atom. The molecule has 1 aromatic rings. The molecule has 1 aromatic heterocycles. The summed E-state index contributed by atoms with van der Waals surface area (Å²) in [7, 11) is -7.12. The van der Waals surface area contributed by atoms with E-state index in [9.17, 15) is 16.8 Å². The monoisotopic (exact) mass is 281 g/mol. The second-order valence-electron chi connectivity index (χ2n) is 3.24. The van der Waals surface area contributed by atoms with Gasteiger partial charge in [-0.25, -0.2) is 0 Å². The number of rotatable bonds is 5. The van der Waals surface area contributed by atoms with Crippen LogP contribution in [0.3, 0.4) is 0 Å². The summed E-state index contributed by atoms with van der Waals surface area (Å²) in [6.45, 7) is -0.210. The molecule has 0 saturated carbocycles. The molecule has 96 valence electrons. The second kappa shape index (κ2) is 4.98. The van der Waals surface area contributed by atoms with Crippen molar-refractivity contribution in [2.45, 2.75) is 6.61 Å². The van der Waals surface area contributed by atoms with Gasteiger partial charge in [0, 0.05) is 0 Å². The first kappa shape index (κ1) is 13.9. The van der Waals surface area contributed by atoms with Gasteiger partial charge in [-0.2, -0.15) is 16.8 Å². The highest BCUT2D eigenvalue weighted by atomic mass is 32.2.